The van der Waals surface area contributed by atoms with Gasteiger partial charge in [0.2, 0.25) is 5.91 Å². The number of aliphatic hydroxyl groups is 1. The lowest BCUT2D eigenvalue weighted by atomic mass is 9.76. The highest BCUT2D eigenvalue weighted by Gasteiger charge is 2.57. The molecule has 1 heterocycles. The molecule has 3 N–H and O–H groups in total. The van der Waals surface area contributed by atoms with E-state index in [1.807, 2.05) is 0 Å². The number of amides is 2. The number of halogens is 4. The average Bonchev–Trinajstić information content (AvgIpc) is 3.22. The number of alkyl halides is 3. The van der Waals surface area contributed by atoms with Gasteiger partial charge in [-0.25, -0.2) is 0 Å². The molecular weight excluding hydrogens is 493 g/mol. The zero-order valence-electron chi connectivity index (χ0n) is 18.6. The SMILES string of the molecule is O=C(COC1CC(OC(F)(F)F)C1)NC12CC(C1)C(NC(=O)[C@@H]1C[C@H](O)c3cc(Cl)ccc3O1)C2. The minimum atomic E-state index is -4.66. The van der Waals surface area contributed by atoms with Gasteiger partial charge in [0.05, 0.1) is 18.3 Å². The van der Waals surface area contributed by atoms with Crippen molar-refractivity contribution in [3.63, 3.8) is 0 Å². The summed E-state index contributed by atoms with van der Waals surface area (Å²) in [5, 5.41) is 16.9. The Morgan fingerprint density at radius 1 is 1.17 bits per heavy atom. The van der Waals surface area contributed by atoms with Crippen LogP contribution < -0.4 is 15.4 Å². The third-order valence-corrected chi connectivity index (χ3v) is 7.58. The topological polar surface area (TPSA) is 106 Å². The summed E-state index contributed by atoms with van der Waals surface area (Å²) in [7, 11) is 0. The van der Waals surface area contributed by atoms with E-state index in [0.717, 1.165) is 12.8 Å². The number of carbonyl (C=O) groups excluding carboxylic acids is 2. The van der Waals surface area contributed by atoms with Crippen LogP contribution in [0.25, 0.3) is 0 Å². The Bertz CT molecular complexity index is 996. The van der Waals surface area contributed by atoms with Gasteiger partial charge in [-0.2, -0.15) is 0 Å². The number of nitrogens with one attached hydrogen (secondary N) is 2. The predicted molar refractivity (Wildman–Crippen MR) is 115 cm³/mol. The van der Waals surface area contributed by atoms with Gasteiger partial charge in [-0.1, -0.05) is 11.6 Å². The van der Waals surface area contributed by atoms with Crippen LogP contribution in [0.15, 0.2) is 18.2 Å². The number of benzene rings is 1. The number of hydrogen-bond donors (Lipinski definition) is 3. The van der Waals surface area contributed by atoms with Crippen molar-refractivity contribution in [1.29, 1.82) is 0 Å². The maximum atomic E-state index is 12.8. The number of rotatable bonds is 7. The van der Waals surface area contributed by atoms with Crippen molar-refractivity contribution in [3.8, 4) is 5.75 Å². The monoisotopic (exact) mass is 518 g/mol. The summed E-state index contributed by atoms with van der Waals surface area (Å²) in [5.41, 5.74) is 0.139. The molecule has 1 unspecified atom stereocenters. The van der Waals surface area contributed by atoms with Crippen molar-refractivity contribution < 1.29 is 42.1 Å². The molecule has 1 aliphatic heterocycles. The molecule has 0 radical (unpaired) electrons. The third kappa shape index (κ3) is 5.37. The fraction of sp³-hybridized carbons (Fsp3) is 0.652. The van der Waals surface area contributed by atoms with E-state index in [4.69, 9.17) is 21.1 Å². The lowest BCUT2D eigenvalue weighted by Gasteiger charge is -2.39. The molecule has 12 heteroatoms. The normalized spacial score (nSPS) is 35.2. The van der Waals surface area contributed by atoms with Crippen LogP contribution in [0.5, 0.6) is 5.75 Å². The summed E-state index contributed by atoms with van der Waals surface area (Å²) in [6, 6.07) is 4.77. The van der Waals surface area contributed by atoms with Crippen LogP contribution in [0.4, 0.5) is 13.2 Å². The standard InChI is InChI=1S/C23H26ClF3N2O6/c24-12-1-2-18-15(3-12)17(30)6-19(34-18)21(32)28-16-9-22(7-11(16)8-22)29-20(31)10-33-13-4-14(5-13)35-23(25,26)27/h1-3,11,13-14,16-17,19,30H,4-10H2,(H,28,32)(H,29,31)/t11?,13?,14?,16?,17-,19-,22?/m0/s1. The van der Waals surface area contributed by atoms with Crippen LogP contribution in [0.1, 0.15) is 50.2 Å². The highest BCUT2D eigenvalue weighted by molar-refractivity contribution is 6.30. The molecule has 4 saturated carbocycles. The lowest BCUT2D eigenvalue weighted by molar-refractivity contribution is -0.357. The minimum absolute atomic E-state index is 0.101. The maximum absolute atomic E-state index is 12.8. The van der Waals surface area contributed by atoms with Gasteiger partial charge in [0.25, 0.3) is 5.91 Å². The van der Waals surface area contributed by atoms with Crippen LogP contribution >= 0.6 is 11.6 Å². The van der Waals surface area contributed by atoms with Gasteiger partial charge < -0.3 is 25.2 Å². The number of hydrogen-bond acceptors (Lipinski definition) is 6. The Hall–Kier alpha value is -2.08. The fourth-order valence-electron chi connectivity index (χ4n) is 5.62. The first kappa shape index (κ1) is 24.6. The molecule has 3 atom stereocenters. The molecule has 1 aromatic rings. The van der Waals surface area contributed by atoms with Crippen LogP contribution in [-0.4, -0.2) is 59.8 Å². The molecular formula is C23H26ClF3N2O6. The second kappa shape index (κ2) is 9.10. The van der Waals surface area contributed by atoms with Gasteiger partial charge in [-0.3, -0.25) is 14.3 Å². The molecule has 8 nitrogen and oxygen atoms in total. The molecule has 0 saturated heterocycles. The van der Waals surface area contributed by atoms with Gasteiger partial charge >= 0.3 is 6.36 Å². The lowest BCUT2D eigenvalue weighted by Crippen LogP contribution is -2.53. The van der Waals surface area contributed by atoms with Gasteiger partial charge in [0, 0.05) is 41.4 Å². The quantitative estimate of drug-likeness (QED) is 0.512. The first-order chi connectivity index (χ1) is 16.5. The first-order valence-corrected chi connectivity index (χ1v) is 12.0. The highest BCUT2D eigenvalue weighted by atomic mass is 35.5. The summed E-state index contributed by atoms with van der Waals surface area (Å²) in [6.07, 6.45) is -5.36. The molecule has 0 aromatic heterocycles. The number of aliphatic hydroxyl groups excluding tert-OH is 1. The number of fused-ring (bicyclic) bond motifs is 2. The Labute approximate surface area is 204 Å². The molecule has 6 rings (SSSR count). The van der Waals surface area contributed by atoms with Crippen LogP contribution in [0.3, 0.4) is 0 Å². The fourth-order valence-corrected chi connectivity index (χ4v) is 5.80. The molecule has 2 bridgehead atoms. The van der Waals surface area contributed by atoms with Crippen molar-refractivity contribution >= 4 is 23.4 Å². The Morgan fingerprint density at radius 2 is 1.91 bits per heavy atom. The van der Waals surface area contributed by atoms with Crippen molar-refractivity contribution in [2.24, 2.45) is 5.92 Å². The van der Waals surface area contributed by atoms with Crippen LogP contribution in [-0.2, 0) is 19.1 Å². The van der Waals surface area contributed by atoms with Crippen LogP contribution in [0, 0.1) is 5.92 Å². The van der Waals surface area contributed by atoms with E-state index < -0.39 is 36.3 Å². The molecule has 0 spiro atoms. The third-order valence-electron chi connectivity index (χ3n) is 7.35. The van der Waals surface area contributed by atoms with Crippen molar-refractivity contribution in [1.82, 2.24) is 10.6 Å². The zero-order chi connectivity index (χ0) is 25.0. The Balaban J connectivity index is 1.05. The summed E-state index contributed by atoms with van der Waals surface area (Å²) < 4.78 is 51.6. The second-order valence-corrected chi connectivity index (χ2v) is 10.4. The molecule has 4 fully saturated rings. The Morgan fingerprint density at radius 3 is 2.63 bits per heavy atom. The molecule has 5 aliphatic rings. The van der Waals surface area contributed by atoms with Crippen molar-refractivity contribution in [2.75, 3.05) is 6.61 Å². The van der Waals surface area contributed by atoms with E-state index in [9.17, 15) is 27.9 Å². The van der Waals surface area contributed by atoms with Gasteiger partial charge in [-0.05, 0) is 43.4 Å². The van der Waals surface area contributed by atoms with E-state index in [1.165, 1.54) is 0 Å². The van der Waals surface area contributed by atoms with Crippen molar-refractivity contribution in [3.05, 3.63) is 28.8 Å². The predicted octanol–water partition coefficient (Wildman–Crippen LogP) is 2.76. The zero-order valence-corrected chi connectivity index (χ0v) is 19.4. The van der Waals surface area contributed by atoms with Crippen molar-refractivity contribution in [2.45, 2.75) is 80.9 Å². The van der Waals surface area contributed by atoms with Gasteiger partial charge in [0.15, 0.2) is 6.10 Å². The minimum Gasteiger partial charge on any atom is -0.480 e. The number of carbonyl (C=O) groups is 2. The molecule has 4 aliphatic carbocycles. The maximum Gasteiger partial charge on any atom is 0.522 e. The highest BCUT2D eigenvalue weighted by Crippen LogP contribution is 2.52. The number of ether oxygens (including phenoxy) is 3. The Kier molecular flexibility index (Phi) is 6.40. The van der Waals surface area contributed by atoms with E-state index in [2.05, 4.69) is 15.4 Å². The summed E-state index contributed by atoms with van der Waals surface area (Å²) in [4.78, 5) is 25.2. The summed E-state index contributed by atoms with van der Waals surface area (Å²) in [6.45, 7) is -0.232. The van der Waals surface area contributed by atoms with E-state index in [-0.39, 0.29) is 49.6 Å². The average molecular weight is 519 g/mol. The summed E-state index contributed by atoms with van der Waals surface area (Å²) in [5.74, 6) is 0.0134. The second-order valence-electron chi connectivity index (χ2n) is 9.95. The molecule has 35 heavy (non-hydrogen) atoms. The van der Waals surface area contributed by atoms with Gasteiger partial charge in [0.1, 0.15) is 12.4 Å². The van der Waals surface area contributed by atoms with Gasteiger partial charge in [-0.15, -0.1) is 13.2 Å². The van der Waals surface area contributed by atoms with E-state index in [1.54, 1.807) is 18.2 Å². The van der Waals surface area contributed by atoms with E-state index in [0.29, 0.717) is 22.8 Å². The largest absolute Gasteiger partial charge is 0.522 e. The molecule has 192 valence electrons. The smallest absolute Gasteiger partial charge is 0.480 e. The molecule has 1 aromatic carbocycles. The van der Waals surface area contributed by atoms with E-state index >= 15 is 0 Å². The van der Waals surface area contributed by atoms with Crippen LogP contribution in [0.2, 0.25) is 5.02 Å². The first-order valence-electron chi connectivity index (χ1n) is 11.6. The summed E-state index contributed by atoms with van der Waals surface area (Å²) >= 11 is 5.97. The molecule has 2 amide bonds.